The predicted molar refractivity (Wildman–Crippen MR) is 126 cm³/mol. The van der Waals surface area contributed by atoms with E-state index in [0.29, 0.717) is 0 Å². The third-order valence-electron chi connectivity index (χ3n) is 4.95. The van der Waals surface area contributed by atoms with Gasteiger partial charge in [0.2, 0.25) is 0 Å². The van der Waals surface area contributed by atoms with Gasteiger partial charge >= 0.3 is 5.97 Å². The monoisotopic (exact) mass is 484 g/mol. The Hall–Kier alpha value is -3.72. The van der Waals surface area contributed by atoms with Crippen molar-refractivity contribution in [3.05, 3.63) is 95.8 Å². The molecule has 1 amide bonds. The Morgan fingerprint density at radius 1 is 0.941 bits per heavy atom. The maximum Gasteiger partial charge on any atom is 0.338 e. The van der Waals surface area contributed by atoms with Gasteiger partial charge in [-0.25, -0.2) is 17.6 Å². The van der Waals surface area contributed by atoms with Gasteiger partial charge in [0.05, 0.1) is 10.5 Å². The van der Waals surface area contributed by atoms with Crippen LogP contribution < -0.4 is 10.0 Å². The van der Waals surface area contributed by atoms with Crippen LogP contribution in [0.5, 0.6) is 0 Å². The number of hydrogen-bond acceptors (Lipinski definition) is 5. The molecule has 9 heteroatoms. The molecule has 3 aromatic rings. The van der Waals surface area contributed by atoms with Gasteiger partial charge in [-0.3, -0.25) is 9.52 Å². The first-order valence-electron chi connectivity index (χ1n) is 10.6. The summed E-state index contributed by atoms with van der Waals surface area (Å²) < 4.78 is 45.1. The molecule has 0 fully saturated rings. The van der Waals surface area contributed by atoms with E-state index in [9.17, 15) is 22.4 Å². The first kappa shape index (κ1) is 24.9. The van der Waals surface area contributed by atoms with Gasteiger partial charge in [-0.2, -0.15) is 0 Å². The van der Waals surface area contributed by atoms with Gasteiger partial charge in [-0.15, -0.1) is 0 Å². The van der Waals surface area contributed by atoms with Crippen LogP contribution in [0.15, 0.2) is 83.8 Å². The van der Waals surface area contributed by atoms with Crippen molar-refractivity contribution in [1.29, 1.82) is 0 Å². The summed E-state index contributed by atoms with van der Waals surface area (Å²) in [6, 6.07) is 19.8. The number of amides is 1. The Kier molecular flexibility index (Phi) is 8.37. The first-order chi connectivity index (χ1) is 16.2. The fraction of sp³-hybridized carbons (Fsp3) is 0.200. The molecule has 0 aliphatic heterocycles. The molecule has 3 aromatic carbocycles. The number of carbonyl (C=O) groups is 2. The van der Waals surface area contributed by atoms with Gasteiger partial charge < -0.3 is 10.1 Å². The van der Waals surface area contributed by atoms with Crippen LogP contribution in [0.1, 0.15) is 29.3 Å². The number of sulfonamides is 1. The number of rotatable bonds is 10. The second kappa shape index (κ2) is 11.4. The normalized spacial score (nSPS) is 11.9. The zero-order chi connectivity index (χ0) is 24.6. The average molecular weight is 485 g/mol. The molecule has 0 radical (unpaired) electrons. The van der Waals surface area contributed by atoms with Gasteiger partial charge in [-0.1, -0.05) is 30.3 Å². The van der Waals surface area contributed by atoms with Crippen molar-refractivity contribution in [3.63, 3.8) is 0 Å². The number of ether oxygens (including phenoxy) is 1. The third-order valence-corrected chi connectivity index (χ3v) is 6.34. The number of hydrogen-bond donors (Lipinski definition) is 2. The highest BCUT2D eigenvalue weighted by Gasteiger charge is 2.16. The Morgan fingerprint density at radius 2 is 1.59 bits per heavy atom. The molecule has 0 heterocycles. The van der Waals surface area contributed by atoms with Crippen LogP contribution in [0, 0.1) is 5.82 Å². The largest absolute Gasteiger partial charge is 0.452 e. The zero-order valence-electron chi connectivity index (χ0n) is 18.5. The second-order valence-corrected chi connectivity index (χ2v) is 9.39. The molecule has 0 aliphatic carbocycles. The van der Waals surface area contributed by atoms with Gasteiger partial charge in [0.25, 0.3) is 15.9 Å². The van der Waals surface area contributed by atoms with Crippen LogP contribution in [0.2, 0.25) is 0 Å². The van der Waals surface area contributed by atoms with Crippen molar-refractivity contribution in [1.82, 2.24) is 5.32 Å². The van der Waals surface area contributed by atoms with E-state index < -0.39 is 34.3 Å². The van der Waals surface area contributed by atoms with Gasteiger partial charge in [0, 0.05) is 11.7 Å². The molecule has 0 aliphatic rings. The van der Waals surface area contributed by atoms with E-state index >= 15 is 0 Å². The lowest BCUT2D eigenvalue weighted by atomic mass is 10.1. The fourth-order valence-corrected chi connectivity index (χ4v) is 4.19. The highest BCUT2D eigenvalue weighted by atomic mass is 32.2. The standard InChI is InChI=1S/C25H25FN2O5S/c1-18(7-8-19-5-3-2-4-6-19)27-24(29)17-33-25(30)20-9-13-22(14-10-20)28-34(31,32)23-15-11-21(26)12-16-23/h2-6,9-16,18,28H,7-8,17H2,1H3,(H,27,29)/t18-/m0/s1. The maximum atomic E-state index is 13.0. The molecular formula is C25H25FN2O5S. The maximum absolute atomic E-state index is 13.0. The van der Waals surface area contributed by atoms with Crippen molar-refractivity contribution in [2.45, 2.75) is 30.7 Å². The summed E-state index contributed by atoms with van der Waals surface area (Å²) in [4.78, 5) is 24.2. The predicted octanol–water partition coefficient (Wildman–Crippen LogP) is 3.92. The molecule has 2 N–H and O–H groups in total. The van der Waals surface area contributed by atoms with Crippen molar-refractivity contribution in [2.75, 3.05) is 11.3 Å². The quantitative estimate of drug-likeness (QED) is 0.425. The third kappa shape index (κ3) is 7.41. The summed E-state index contributed by atoms with van der Waals surface area (Å²) in [5, 5.41) is 2.79. The second-order valence-electron chi connectivity index (χ2n) is 7.71. The number of anilines is 1. The highest BCUT2D eigenvalue weighted by molar-refractivity contribution is 7.92. The topological polar surface area (TPSA) is 102 Å². The SMILES string of the molecule is C[C@@H](CCc1ccccc1)NC(=O)COC(=O)c1ccc(NS(=O)(=O)c2ccc(F)cc2)cc1. The van der Waals surface area contributed by atoms with Crippen molar-refractivity contribution in [3.8, 4) is 0 Å². The van der Waals surface area contributed by atoms with Crippen LogP contribution in [0.4, 0.5) is 10.1 Å². The van der Waals surface area contributed by atoms with E-state index in [4.69, 9.17) is 4.74 Å². The molecule has 3 rings (SSSR count). The molecule has 7 nitrogen and oxygen atoms in total. The summed E-state index contributed by atoms with van der Waals surface area (Å²) in [7, 11) is -3.90. The van der Waals surface area contributed by atoms with Crippen LogP contribution in [0.25, 0.3) is 0 Å². The van der Waals surface area contributed by atoms with E-state index in [1.54, 1.807) is 0 Å². The van der Waals surface area contributed by atoms with E-state index in [0.717, 1.165) is 37.1 Å². The molecule has 1 atom stereocenters. The van der Waals surface area contributed by atoms with Gasteiger partial charge in [-0.05, 0) is 73.9 Å². The fourth-order valence-electron chi connectivity index (χ4n) is 3.13. The Labute approximate surface area is 198 Å². The molecule has 0 saturated heterocycles. The summed E-state index contributed by atoms with van der Waals surface area (Å²) in [6.45, 7) is 1.46. The molecule has 0 spiro atoms. The van der Waals surface area contributed by atoms with E-state index in [1.807, 2.05) is 37.3 Å². The zero-order valence-corrected chi connectivity index (χ0v) is 19.3. The smallest absolute Gasteiger partial charge is 0.338 e. The number of carbonyl (C=O) groups excluding carboxylic acids is 2. The molecule has 34 heavy (non-hydrogen) atoms. The number of aryl methyl sites for hydroxylation is 1. The van der Waals surface area contributed by atoms with E-state index in [1.165, 1.54) is 29.8 Å². The van der Waals surface area contributed by atoms with Crippen LogP contribution in [0.3, 0.4) is 0 Å². The molecule has 178 valence electrons. The summed E-state index contributed by atoms with van der Waals surface area (Å²) in [5.41, 5.74) is 1.55. The molecular weight excluding hydrogens is 459 g/mol. The molecule has 0 unspecified atom stereocenters. The number of halogens is 1. The first-order valence-corrected chi connectivity index (χ1v) is 12.1. The number of esters is 1. The highest BCUT2D eigenvalue weighted by Crippen LogP contribution is 2.17. The van der Waals surface area contributed by atoms with Crippen LogP contribution in [-0.2, 0) is 26.0 Å². The van der Waals surface area contributed by atoms with Crippen LogP contribution in [-0.4, -0.2) is 32.9 Å². The van der Waals surface area contributed by atoms with Crippen molar-refractivity contribution < 1.29 is 27.1 Å². The Balaban J connectivity index is 1.46. The minimum atomic E-state index is -3.90. The minimum absolute atomic E-state index is 0.0835. The summed E-state index contributed by atoms with van der Waals surface area (Å²) in [6.07, 6.45) is 1.57. The lowest BCUT2D eigenvalue weighted by Gasteiger charge is -2.14. The minimum Gasteiger partial charge on any atom is -0.452 e. The molecule has 0 bridgehead atoms. The summed E-state index contributed by atoms with van der Waals surface area (Å²) >= 11 is 0. The van der Waals surface area contributed by atoms with Crippen LogP contribution >= 0.6 is 0 Å². The number of benzene rings is 3. The molecule has 0 saturated carbocycles. The summed E-state index contributed by atoms with van der Waals surface area (Å²) in [5.74, 6) is -1.66. The Bertz CT molecular complexity index is 1210. The van der Waals surface area contributed by atoms with E-state index in [2.05, 4.69) is 10.0 Å². The van der Waals surface area contributed by atoms with E-state index in [-0.39, 0.29) is 22.2 Å². The van der Waals surface area contributed by atoms with Gasteiger partial charge in [0.15, 0.2) is 6.61 Å². The lowest BCUT2D eigenvalue weighted by molar-refractivity contribution is -0.124. The lowest BCUT2D eigenvalue weighted by Crippen LogP contribution is -2.36. The van der Waals surface area contributed by atoms with Crippen molar-refractivity contribution >= 4 is 27.6 Å². The Morgan fingerprint density at radius 3 is 2.24 bits per heavy atom. The molecule has 0 aromatic heterocycles. The number of nitrogens with one attached hydrogen (secondary N) is 2. The van der Waals surface area contributed by atoms with Gasteiger partial charge in [0.1, 0.15) is 5.82 Å². The van der Waals surface area contributed by atoms with Crippen molar-refractivity contribution in [2.24, 2.45) is 0 Å². The average Bonchev–Trinajstić information content (AvgIpc) is 2.82.